The van der Waals surface area contributed by atoms with E-state index in [1.165, 1.54) is 0 Å². The molecule has 5 nitrogen and oxygen atoms in total. The number of hydrogen-bond acceptors (Lipinski definition) is 5. The first kappa shape index (κ1) is 16.0. The first-order valence-corrected chi connectivity index (χ1v) is 8.22. The largest absolute Gasteiger partial charge is 0.496 e. The summed E-state index contributed by atoms with van der Waals surface area (Å²) in [5, 5.41) is 4.33. The molecule has 0 spiro atoms. The van der Waals surface area contributed by atoms with Crippen molar-refractivity contribution in [2.24, 2.45) is 0 Å². The Morgan fingerprint density at radius 1 is 1.35 bits per heavy atom. The zero-order valence-electron chi connectivity index (χ0n) is 13.2. The Bertz CT molecular complexity index is 638. The summed E-state index contributed by atoms with van der Waals surface area (Å²) >= 11 is 6.09. The Morgan fingerprint density at radius 3 is 2.96 bits per heavy atom. The van der Waals surface area contributed by atoms with Crippen molar-refractivity contribution in [2.75, 3.05) is 25.1 Å². The molecule has 0 unspecified atom stereocenters. The number of nitrogens with one attached hydrogen (secondary N) is 1. The summed E-state index contributed by atoms with van der Waals surface area (Å²) in [7, 11) is 1.68. The number of hydrogen-bond donors (Lipinski definition) is 1. The van der Waals surface area contributed by atoms with Gasteiger partial charge in [-0.25, -0.2) is 9.97 Å². The summed E-state index contributed by atoms with van der Waals surface area (Å²) in [6, 6.07) is 7.95. The lowest BCUT2D eigenvalue weighted by atomic mass is 10.1. The van der Waals surface area contributed by atoms with E-state index in [2.05, 4.69) is 20.2 Å². The molecule has 0 amide bonds. The highest BCUT2D eigenvalue weighted by Crippen LogP contribution is 2.23. The molecule has 2 heterocycles. The van der Waals surface area contributed by atoms with E-state index in [9.17, 15) is 0 Å². The minimum Gasteiger partial charge on any atom is -0.496 e. The summed E-state index contributed by atoms with van der Waals surface area (Å²) in [4.78, 5) is 10.9. The number of anilines is 1. The van der Waals surface area contributed by atoms with Crippen LogP contribution in [0, 0.1) is 0 Å². The second-order valence-electron chi connectivity index (χ2n) is 5.67. The van der Waals surface area contributed by atoms with Gasteiger partial charge in [0.15, 0.2) is 0 Å². The van der Waals surface area contributed by atoms with Crippen molar-refractivity contribution in [3.05, 3.63) is 47.2 Å². The van der Waals surface area contributed by atoms with Crippen LogP contribution in [-0.2, 0) is 6.54 Å². The molecule has 0 bridgehead atoms. The average Bonchev–Trinajstić information content (AvgIpc) is 2.61. The van der Waals surface area contributed by atoms with Gasteiger partial charge in [0.2, 0.25) is 5.95 Å². The molecule has 1 atom stereocenters. The molecule has 0 aliphatic carbocycles. The predicted octanol–water partition coefficient (Wildman–Crippen LogP) is 2.90. The van der Waals surface area contributed by atoms with Crippen LogP contribution >= 0.6 is 11.6 Å². The molecular formula is C17H21ClN4O. The summed E-state index contributed by atoms with van der Waals surface area (Å²) in [6.45, 7) is 2.65. The van der Waals surface area contributed by atoms with Gasteiger partial charge in [0.25, 0.3) is 0 Å². The standard InChI is InChI=1S/C17H21ClN4O/c1-23-16-6-5-14(18)10-13(16)11-21-15-4-2-9-22(12-15)17-19-7-3-8-20-17/h3,5-8,10,15,21H,2,4,9,11-12H2,1H3/t15-/m1/s1. The molecule has 6 heteroatoms. The van der Waals surface area contributed by atoms with Gasteiger partial charge in [-0.05, 0) is 37.1 Å². The van der Waals surface area contributed by atoms with Crippen molar-refractivity contribution in [2.45, 2.75) is 25.4 Å². The molecule has 1 aromatic carbocycles. The highest BCUT2D eigenvalue weighted by Gasteiger charge is 2.21. The van der Waals surface area contributed by atoms with Gasteiger partial charge in [0, 0.05) is 48.7 Å². The quantitative estimate of drug-likeness (QED) is 0.912. The SMILES string of the molecule is COc1ccc(Cl)cc1CN[C@@H]1CCCN(c2ncccn2)C1. The normalized spacial score (nSPS) is 18.0. The monoisotopic (exact) mass is 332 g/mol. The summed E-state index contributed by atoms with van der Waals surface area (Å²) < 4.78 is 5.40. The van der Waals surface area contributed by atoms with Gasteiger partial charge in [-0.2, -0.15) is 0 Å². The third-order valence-electron chi connectivity index (χ3n) is 4.08. The van der Waals surface area contributed by atoms with Gasteiger partial charge in [-0.3, -0.25) is 0 Å². The van der Waals surface area contributed by atoms with Gasteiger partial charge < -0.3 is 15.0 Å². The molecule has 1 N–H and O–H groups in total. The minimum atomic E-state index is 0.399. The van der Waals surface area contributed by atoms with Crippen LogP contribution in [0.3, 0.4) is 0 Å². The van der Waals surface area contributed by atoms with E-state index in [-0.39, 0.29) is 0 Å². The molecule has 1 fully saturated rings. The van der Waals surface area contributed by atoms with Gasteiger partial charge in [0.1, 0.15) is 5.75 Å². The number of rotatable bonds is 5. The van der Waals surface area contributed by atoms with Crippen LogP contribution in [0.15, 0.2) is 36.7 Å². The van der Waals surface area contributed by atoms with Gasteiger partial charge >= 0.3 is 0 Å². The Kier molecular flexibility index (Phi) is 5.31. The van der Waals surface area contributed by atoms with Crippen molar-refractivity contribution in [1.82, 2.24) is 15.3 Å². The number of benzene rings is 1. The first-order chi connectivity index (χ1) is 11.3. The molecule has 1 aliphatic rings. The lowest BCUT2D eigenvalue weighted by molar-refractivity contribution is 0.393. The molecule has 1 saturated heterocycles. The first-order valence-electron chi connectivity index (χ1n) is 7.84. The van der Waals surface area contributed by atoms with Crippen molar-refractivity contribution in [3.63, 3.8) is 0 Å². The minimum absolute atomic E-state index is 0.399. The second kappa shape index (κ2) is 7.62. The lowest BCUT2D eigenvalue weighted by Crippen LogP contribution is -2.46. The molecule has 0 saturated carbocycles. The van der Waals surface area contributed by atoms with Crippen LogP contribution < -0.4 is 15.0 Å². The highest BCUT2D eigenvalue weighted by molar-refractivity contribution is 6.30. The van der Waals surface area contributed by atoms with Crippen LogP contribution in [0.4, 0.5) is 5.95 Å². The summed E-state index contributed by atoms with van der Waals surface area (Å²) in [6.07, 6.45) is 5.85. The maximum Gasteiger partial charge on any atom is 0.225 e. The second-order valence-corrected chi connectivity index (χ2v) is 6.11. The third-order valence-corrected chi connectivity index (χ3v) is 4.32. The Hall–Kier alpha value is -1.85. The fourth-order valence-electron chi connectivity index (χ4n) is 2.92. The Morgan fingerprint density at radius 2 is 2.17 bits per heavy atom. The predicted molar refractivity (Wildman–Crippen MR) is 92.1 cm³/mol. The number of piperidine rings is 1. The number of aromatic nitrogens is 2. The van der Waals surface area contributed by atoms with E-state index < -0.39 is 0 Å². The van der Waals surface area contributed by atoms with Crippen molar-refractivity contribution in [1.29, 1.82) is 0 Å². The smallest absolute Gasteiger partial charge is 0.225 e. The molecule has 1 aliphatic heterocycles. The molecular weight excluding hydrogens is 312 g/mol. The number of nitrogens with zero attached hydrogens (tertiary/aromatic N) is 3. The summed E-state index contributed by atoms with van der Waals surface area (Å²) in [5.41, 5.74) is 1.08. The highest BCUT2D eigenvalue weighted by atomic mass is 35.5. The molecule has 1 aromatic heterocycles. The van der Waals surface area contributed by atoms with Crippen molar-refractivity contribution >= 4 is 17.5 Å². The van der Waals surface area contributed by atoms with E-state index in [4.69, 9.17) is 16.3 Å². The average molecular weight is 333 g/mol. The molecule has 122 valence electrons. The van der Waals surface area contributed by atoms with Crippen molar-refractivity contribution < 1.29 is 4.74 Å². The fraction of sp³-hybridized carbons (Fsp3) is 0.412. The number of halogens is 1. The topological polar surface area (TPSA) is 50.3 Å². The molecule has 2 aromatic rings. The van der Waals surface area contributed by atoms with Gasteiger partial charge in [-0.1, -0.05) is 11.6 Å². The van der Waals surface area contributed by atoms with Crippen molar-refractivity contribution in [3.8, 4) is 5.75 Å². The Balaban J connectivity index is 1.61. The van der Waals surface area contributed by atoms with E-state index in [1.54, 1.807) is 19.5 Å². The van der Waals surface area contributed by atoms with Gasteiger partial charge in [0.05, 0.1) is 7.11 Å². The zero-order valence-corrected chi connectivity index (χ0v) is 14.0. The van der Waals surface area contributed by atoms with Crippen LogP contribution in [0.5, 0.6) is 5.75 Å². The van der Waals surface area contributed by atoms with E-state index in [1.807, 2.05) is 24.3 Å². The number of methoxy groups -OCH3 is 1. The van der Waals surface area contributed by atoms with E-state index in [0.717, 1.165) is 54.8 Å². The summed E-state index contributed by atoms with van der Waals surface area (Å²) in [5.74, 6) is 1.67. The third kappa shape index (κ3) is 4.12. The zero-order chi connectivity index (χ0) is 16.1. The van der Waals surface area contributed by atoms with E-state index >= 15 is 0 Å². The number of ether oxygens (including phenoxy) is 1. The van der Waals surface area contributed by atoms with Crippen LogP contribution in [0.1, 0.15) is 18.4 Å². The molecule has 3 rings (SSSR count). The van der Waals surface area contributed by atoms with E-state index in [0.29, 0.717) is 6.04 Å². The maximum absolute atomic E-state index is 6.09. The van der Waals surface area contributed by atoms with Gasteiger partial charge in [-0.15, -0.1) is 0 Å². The van der Waals surface area contributed by atoms with Crippen LogP contribution in [0.25, 0.3) is 0 Å². The molecule has 23 heavy (non-hydrogen) atoms. The van der Waals surface area contributed by atoms with Crippen LogP contribution in [-0.4, -0.2) is 36.2 Å². The fourth-order valence-corrected chi connectivity index (χ4v) is 3.11. The lowest BCUT2D eigenvalue weighted by Gasteiger charge is -2.33. The maximum atomic E-state index is 6.09. The Labute approximate surface area is 141 Å². The van der Waals surface area contributed by atoms with Crippen LogP contribution in [0.2, 0.25) is 5.02 Å². The molecule has 0 radical (unpaired) electrons.